The summed E-state index contributed by atoms with van der Waals surface area (Å²) < 4.78 is 0. The number of urea groups is 1. The van der Waals surface area contributed by atoms with Crippen LogP contribution in [0.25, 0.3) is 22.8 Å². The fourth-order valence-corrected chi connectivity index (χ4v) is 3.40. The van der Waals surface area contributed by atoms with Crippen LogP contribution < -0.4 is 5.32 Å². The van der Waals surface area contributed by atoms with Gasteiger partial charge in [-0.15, -0.1) is 0 Å². The summed E-state index contributed by atoms with van der Waals surface area (Å²) in [4.78, 5) is 43.3. The lowest BCUT2D eigenvalue weighted by atomic mass is 10.1. The summed E-state index contributed by atoms with van der Waals surface area (Å²) in [6.07, 6.45) is 0.570. The second-order valence-electron chi connectivity index (χ2n) is 7.25. The van der Waals surface area contributed by atoms with Gasteiger partial charge >= 0.3 is 6.03 Å². The van der Waals surface area contributed by atoms with E-state index in [9.17, 15) is 14.4 Å². The highest BCUT2D eigenvalue weighted by atomic mass is 16.2. The first kappa shape index (κ1) is 20.3. The highest BCUT2D eigenvalue weighted by Gasteiger charge is 2.32. The van der Waals surface area contributed by atoms with Gasteiger partial charge in [0.2, 0.25) is 11.8 Å². The molecule has 158 valence electrons. The van der Waals surface area contributed by atoms with Crippen LogP contribution in [0.2, 0.25) is 0 Å². The zero-order chi connectivity index (χ0) is 21.8. The van der Waals surface area contributed by atoms with Crippen LogP contribution in [0.15, 0.2) is 54.6 Å². The number of para-hydroxylation sites is 1. The number of nitrogens with one attached hydrogen (secondary N) is 2. The van der Waals surface area contributed by atoms with Crippen molar-refractivity contribution in [2.24, 2.45) is 0 Å². The number of rotatable bonds is 7. The zero-order valence-electron chi connectivity index (χ0n) is 17.0. The minimum absolute atomic E-state index is 0.0839. The summed E-state index contributed by atoms with van der Waals surface area (Å²) in [6, 6.07) is 16.6. The molecule has 2 N–H and O–H groups in total. The van der Waals surface area contributed by atoms with Crippen LogP contribution in [0.4, 0.5) is 10.5 Å². The van der Waals surface area contributed by atoms with Crippen LogP contribution in [0, 0.1) is 0 Å². The Morgan fingerprint density at radius 3 is 2.58 bits per heavy atom. The number of likely N-dealkylation sites (N-methyl/N-ethyl adjacent to an activating group) is 1. The Morgan fingerprint density at radius 1 is 1.10 bits per heavy atom. The molecule has 1 saturated heterocycles. The molecule has 0 aliphatic carbocycles. The molecule has 1 aliphatic rings. The van der Waals surface area contributed by atoms with Crippen molar-refractivity contribution >= 4 is 23.5 Å². The van der Waals surface area contributed by atoms with Gasteiger partial charge in [0.25, 0.3) is 0 Å². The number of aromatic amines is 1. The number of carbonyl (C=O) groups excluding carboxylic acids is 3. The molecule has 2 aromatic carbocycles. The quantitative estimate of drug-likeness (QED) is 0.573. The summed E-state index contributed by atoms with van der Waals surface area (Å²) >= 11 is 0. The number of aromatic nitrogens is 3. The van der Waals surface area contributed by atoms with Gasteiger partial charge in [-0.3, -0.25) is 19.6 Å². The lowest BCUT2D eigenvalue weighted by Gasteiger charge is -2.14. The smallest absolute Gasteiger partial charge is 0.325 e. The maximum absolute atomic E-state index is 12.5. The lowest BCUT2D eigenvalue weighted by molar-refractivity contribution is -0.125. The van der Waals surface area contributed by atoms with E-state index in [4.69, 9.17) is 0 Å². The van der Waals surface area contributed by atoms with Gasteiger partial charge in [0, 0.05) is 31.1 Å². The minimum Gasteiger partial charge on any atom is -0.325 e. The van der Waals surface area contributed by atoms with Crippen molar-refractivity contribution in [3.63, 3.8) is 0 Å². The van der Waals surface area contributed by atoms with Gasteiger partial charge in [-0.2, -0.15) is 5.10 Å². The summed E-state index contributed by atoms with van der Waals surface area (Å²) in [7, 11) is 1.58. The van der Waals surface area contributed by atoms with Crippen LogP contribution in [0.3, 0.4) is 0 Å². The molecule has 0 radical (unpaired) electrons. The Kier molecular flexibility index (Phi) is 5.74. The molecule has 1 aromatic heterocycles. The first-order valence-electron chi connectivity index (χ1n) is 9.95. The molecule has 3 aromatic rings. The molecule has 0 unspecified atom stereocenters. The molecule has 31 heavy (non-hydrogen) atoms. The van der Waals surface area contributed by atoms with E-state index in [-0.39, 0.29) is 37.4 Å². The Bertz CT molecular complexity index is 1110. The van der Waals surface area contributed by atoms with Gasteiger partial charge in [-0.25, -0.2) is 9.78 Å². The monoisotopic (exact) mass is 418 g/mol. The number of carbonyl (C=O) groups is 3. The van der Waals surface area contributed by atoms with Crippen molar-refractivity contribution in [3.8, 4) is 22.8 Å². The van der Waals surface area contributed by atoms with Crippen molar-refractivity contribution in [1.82, 2.24) is 25.0 Å². The van der Waals surface area contributed by atoms with Crippen LogP contribution in [0.5, 0.6) is 0 Å². The topological polar surface area (TPSA) is 111 Å². The van der Waals surface area contributed by atoms with Crippen LogP contribution >= 0.6 is 0 Å². The van der Waals surface area contributed by atoms with E-state index in [1.807, 2.05) is 48.5 Å². The number of imide groups is 1. The summed E-state index contributed by atoms with van der Waals surface area (Å²) in [5.41, 5.74) is 2.22. The summed E-state index contributed by atoms with van der Waals surface area (Å²) in [5, 5.41) is 10.1. The van der Waals surface area contributed by atoms with Gasteiger partial charge in [0.1, 0.15) is 6.54 Å². The number of anilines is 1. The second kappa shape index (κ2) is 8.78. The summed E-state index contributed by atoms with van der Waals surface area (Å²) in [5.74, 6) is 0.674. The molecular formula is C22H22N6O3. The van der Waals surface area contributed by atoms with Crippen LogP contribution in [-0.2, 0) is 9.59 Å². The van der Waals surface area contributed by atoms with Crippen LogP contribution in [-0.4, -0.2) is 63.0 Å². The van der Waals surface area contributed by atoms with E-state index in [1.54, 1.807) is 13.1 Å². The van der Waals surface area contributed by atoms with Crippen LogP contribution in [0.1, 0.15) is 12.8 Å². The fourth-order valence-electron chi connectivity index (χ4n) is 3.40. The molecule has 4 amide bonds. The van der Waals surface area contributed by atoms with Crippen molar-refractivity contribution in [1.29, 1.82) is 0 Å². The van der Waals surface area contributed by atoms with Crippen molar-refractivity contribution in [2.75, 3.05) is 25.5 Å². The highest BCUT2D eigenvalue weighted by Crippen LogP contribution is 2.27. The maximum Gasteiger partial charge on any atom is 0.326 e. The Hall–Kier alpha value is -4.01. The average molecular weight is 418 g/mol. The van der Waals surface area contributed by atoms with Gasteiger partial charge in [-0.05, 0) is 18.6 Å². The van der Waals surface area contributed by atoms with Gasteiger partial charge < -0.3 is 10.2 Å². The van der Waals surface area contributed by atoms with E-state index < -0.39 is 0 Å². The normalized spacial score (nSPS) is 13.7. The molecule has 0 bridgehead atoms. The standard InChI is InChI=1S/C22H22N6O3/c1-27-14-19(30)28(22(27)31)13-7-12-18(29)23-17-11-6-5-10-16(17)21-24-20(25-26-21)15-8-3-2-4-9-15/h2-6,8-11H,7,12-14H2,1H3,(H,23,29)(H,24,25,26). The number of amides is 4. The third kappa shape index (κ3) is 4.45. The number of hydrogen-bond donors (Lipinski definition) is 2. The molecular weight excluding hydrogens is 396 g/mol. The SMILES string of the molecule is CN1CC(=O)N(CCCC(=O)Nc2ccccc2-c2nc(-c3ccccc3)n[nH]2)C1=O. The molecule has 2 heterocycles. The first-order chi connectivity index (χ1) is 15.0. The first-order valence-corrected chi connectivity index (χ1v) is 9.95. The molecule has 1 aliphatic heterocycles. The number of H-pyrrole nitrogens is 1. The second-order valence-corrected chi connectivity index (χ2v) is 7.25. The summed E-state index contributed by atoms with van der Waals surface area (Å²) in [6.45, 7) is 0.306. The maximum atomic E-state index is 12.5. The van der Waals surface area contributed by atoms with Gasteiger partial charge in [0.15, 0.2) is 11.6 Å². The Balaban J connectivity index is 1.40. The molecule has 9 nitrogen and oxygen atoms in total. The van der Waals surface area contributed by atoms with E-state index >= 15 is 0 Å². The van der Waals surface area contributed by atoms with Crippen molar-refractivity contribution in [2.45, 2.75) is 12.8 Å². The molecule has 1 fully saturated rings. The van der Waals surface area contributed by atoms with Gasteiger partial charge in [-0.1, -0.05) is 42.5 Å². The Morgan fingerprint density at radius 2 is 1.84 bits per heavy atom. The largest absolute Gasteiger partial charge is 0.326 e. The number of hydrogen-bond acceptors (Lipinski definition) is 5. The number of nitrogens with zero attached hydrogens (tertiary/aromatic N) is 4. The third-order valence-corrected chi connectivity index (χ3v) is 4.99. The number of benzene rings is 2. The minimum atomic E-state index is -0.324. The predicted molar refractivity (Wildman–Crippen MR) is 115 cm³/mol. The highest BCUT2D eigenvalue weighted by molar-refractivity contribution is 6.02. The lowest BCUT2D eigenvalue weighted by Crippen LogP contribution is -2.32. The Labute approximate surface area is 179 Å². The third-order valence-electron chi connectivity index (χ3n) is 4.99. The molecule has 0 atom stereocenters. The van der Waals surface area contributed by atoms with E-state index in [0.717, 1.165) is 11.1 Å². The molecule has 0 spiro atoms. The van der Waals surface area contributed by atoms with Crippen molar-refractivity contribution < 1.29 is 14.4 Å². The van der Waals surface area contributed by atoms with Gasteiger partial charge in [0.05, 0.1) is 5.69 Å². The zero-order valence-corrected chi connectivity index (χ0v) is 17.0. The predicted octanol–water partition coefficient (Wildman–Crippen LogP) is 2.75. The fraction of sp³-hybridized carbons (Fsp3) is 0.227. The molecule has 9 heteroatoms. The average Bonchev–Trinajstić information content (AvgIpc) is 3.35. The van der Waals surface area contributed by atoms with Crippen molar-refractivity contribution in [3.05, 3.63) is 54.6 Å². The molecule has 4 rings (SSSR count). The van der Waals surface area contributed by atoms with E-state index in [0.29, 0.717) is 23.8 Å². The van der Waals surface area contributed by atoms with E-state index in [1.165, 1.54) is 9.80 Å². The van der Waals surface area contributed by atoms with E-state index in [2.05, 4.69) is 20.5 Å². The molecule has 0 saturated carbocycles.